The summed E-state index contributed by atoms with van der Waals surface area (Å²) in [4.78, 5) is 13.0. The topological polar surface area (TPSA) is 29.1 Å². The number of benzene rings is 1. The van der Waals surface area contributed by atoms with Crippen molar-refractivity contribution >= 4 is 17.7 Å². The van der Waals surface area contributed by atoms with Gasteiger partial charge in [0.05, 0.1) is 0 Å². The van der Waals surface area contributed by atoms with Crippen molar-refractivity contribution in [2.75, 3.05) is 12.3 Å². The van der Waals surface area contributed by atoms with Crippen LogP contribution in [-0.4, -0.2) is 18.2 Å². The van der Waals surface area contributed by atoms with E-state index in [1.165, 1.54) is 11.3 Å². The highest BCUT2D eigenvalue weighted by Crippen LogP contribution is 2.23. The summed E-state index contributed by atoms with van der Waals surface area (Å²) in [5.41, 5.74) is 0. The number of carbonyl (C=O) groups excluding carboxylic acids is 1. The normalized spacial score (nSPS) is 20.7. The Morgan fingerprint density at radius 3 is 2.88 bits per heavy atom. The Hall–Kier alpha value is -0.960. The predicted octanol–water partition coefficient (Wildman–Crippen LogP) is 3.09. The fourth-order valence-corrected chi connectivity index (χ4v) is 3.10. The Kier molecular flexibility index (Phi) is 4.92. The Morgan fingerprint density at radius 2 is 2.06 bits per heavy atom. The van der Waals surface area contributed by atoms with Gasteiger partial charge in [-0.1, -0.05) is 24.6 Å². The molecule has 92 valence electrons. The van der Waals surface area contributed by atoms with Gasteiger partial charge in [-0.25, -0.2) is 0 Å². The van der Waals surface area contributed by atoms with Crippen LogP contribution >= 0.6 is 11.8 Å². The molecule has 17 heavy (non-hydrogen) atoms. The summed E-state index contributed by atoms with van der Waals surface area (Å²) in [6.07, 6.45) is 4.36. The zero-order chi connectivity index (χ0) is 11.9. The molecule has 1 aliphatic heterocycles. The van der Waals surface area contributed by atoms with Gasteiger partial charge in [0, 0.05) is 17.4 Å². The minimum Gasteiger partial charge on any atom is -0.356 e. The minimum absolute atomic E-state index is 0.230. The second-order valence-corrected chi connectivity index (χ2v) is 5.60. The Balaban J connectivity index is 1.75. The first kappa shape index (κ1) is 12.5. The van der Waals surface area contributed by atoms with Crippen molar-refractivity contribution in [1.82, 2.24) is 5.32 Å². The molecule has 0 saturated carbocycles. The number of hydrogen-bond acceptors (Lipinski definition) is 2. The van der Waals surface area contributed by atoms with Gasteiger partial charge in [0.2, 0.25) is 5.91 Å². The molecule has 1 amide bonds. The lowest BCUT2D eigenvalue weighted by Gasteiger charge is -2.12. The molecule has 1 atom stereocenters. The molecular formula is C14H19NOS. The van der Waals surface area contributed by atoms with E-state index in [1.807, 2.05) is 17.8 Å². The van der Waals surface area contributed by atoms with Crippen LogP contribution in [0, 0.1) is 5.92 Å². The fourth-order valence-electron chi connectivity index (χ4n) is 2.11. The van der Waals surface area contributed by atoms with Crippen LogP contribution in [0.5, 0.6) is 0 Å². The number of thioether (sulfide) groups is 1. The molecule has 1 aliphatic rings. The van der Waals surface area contributed by atoms with Crippen LogP contribution in [0.1, 0.15) is 25.7 Å². The summed E-state index contributed by atoms with van der Waals surface area (Å²) in [7, 11) is 0. The minimum atomic E-state index is 0.230. The first-order valence-corrected chi connectivity index (χ1v) is 7.30. The number of hydrogen-bond donors (Lipinski definition) is 1. The number of rotatable bonds is 4. The third kappa shape index (κ3) is 4.08. The van der Waals surface area contributed by atoms with Crippen LogP contribution in [0.15, 0.2) is 35.2 Å². The van der Waals surface area contributed by atoms with Gasteiger partial charge >= 0.3 is 0 Å². The summed E-state index contributed by atoms with van der Waals surface area (Å²) in [6.45, 7) is 0.862. The third-order valence-corrected chi connectivity index (χ3v) is 4.17. The molecule has 1 unspecified atom stereocenters. The largest absolute Gasteiger partial charge is 0.356 e. The molecule has 2 rings (SSSR count). The maximum absolute atomic E-state index is 11.7. The Bertz CT molecular complexity index is 352. The predicted molar refractivity (Wildman–Crippen MR) is 72.1 cm³/mol. The molecule has 3 heteroatoms. The average Bonchev–Trinajstić information content (AvgIpc) is 2.56. The quantitative estimate of drug-likeness (QED) is 0.831. The second-order valence-electron chi connectivity index (χ2n) is 4.43. The van der Waals surface area contributed by atoms with E-state index in [4.69, 9.17) is 0 Å². The molecule has 2 nitrogen and oxygen atoms in total. The zero-order valence-electron chi connectivity index (χ0n) is 10.0. The lowest BCUT2D eigenvalue weighted by Crippen LogP contribution is -2.29. The third-order valence-electron chi connectivity index (χ3n) is 3.13. The number of carbonyl (C=O) groups is 1. The highest BCUT2D eigenvalue weighted by molar-refractivity contribution is 7.99. The molecule has 1 aromatic rings. The monoisotopic (exact) mass is 249 g/mol. The molecule has 0 aliphatic carbocycles. The molecule has 1 fully saturated rings. The maximum Gasteiger partial charge on any atom is 0.223 e. The zero-order valence-corrected chi connectivity index (χ0v) is 10.8. The maximum atomic E-state index is 11.7. The lowest BCUT2D eigenvalue weighted by molar-refractivity contribution is -0.124. The smallest absolute Gasteiger partial charge is 0.223 e. The number of amides is 1. The fraction of sp³-hybridized carbons (Fsp3) is 0.500. The molecule has 0 radical (unpaired) electrons. The lowest BCUT2D eigenvalue weighted by atomic mass is 10.0. The van der Waals surface area contributed by atoms with Crippen LogP contribution < -0.4 is 5.32 Å². The number of nitrogens with one attached hydrogen (secondary N) is 1. The molecule has 0 bridgehead atoms. The van der Waals surface area contributed by atoms with Crippen LogP contribution in [0.2, 0.25) is 0 Å². The van der Waals surface area contributed by atoms with E-state index in [9.17, 15) is 4.79 Å². The van der Waals surface area contributed by atoms with Gasteiger partial charge in [-0.15, -0.1) is 11.8 Å². The van der Waals surface area contributed by atoms with Gasteiger partial charge < -0.3 is 5.32 Å². The Labute approximate surface area is 107 Å². The molecular weight excluding hydrogens is 230 g/mol. The van der Waals surface area contributed by atoms with Gasteiger partial charge in [-0.2, -0.15) is 0 Å². The van der Waals surface area contributed by atoms with E-state index in [0.717, 1.165) is 31.6 Å². The van der Waals surface area contributed by atoms with E-state index >= 15 is 0 Å². The van der Waals surface area contributed by atoms with Crippen molar-refractivity contribution in [3.05, 3.63) is 30.3 Å². The summed E-state index contributed by atoms with van der Waals surface area (Å²) in [5.74, 6) is 1.52. The van der Waals surface area contributed by atoms with Crippen LogP contribution in [0.4, 0.5) is 0 Å². The van der Waals surface area contributed by atoms with Crippen molar-refractivity contribution in [3.63, 3.8) is 0 Å². The van der Waals surface area contributed by atoms with Crippen molar-refractivity contribution in [2.45, 2.75) is 30.6 Å². The van der Waals surface area contributed by atoms with Gasteiger partial charge in [0.15, 0.2) is 0 Å². The van der Waals surface area contributed by atoms with E-state index in [-0.39, 0.29) is 11.8 Å². The molecule has 0 spiro atoms. The van der Waals surface area contributed by atoms with Crippen LogP contribution in [-0.2, 0) is 4.79 Å². The molecule has 1 heterocycles. The standard InChI is InChI=1S/C14H19NOS/c16-14-12(6-4-5-10-15-14)9-11-17-13-7-2-1-3-8-13/h1-3,7-8,12H,4-6,9-11H2,(H,15,16). The van der Waals surface area contributed by atoms with Crippen LogP contribution in [0.25, 0.3) is 0 Å². The summed E-state index contributed by atoms with van der Waals surface area (Å²) in [6, 6.07) is 10.4. The molecule has 1 N–H and O–H groups in total. The SMILES string of the molecule is O=C1NCCCCC1CCSc1ccccc1. The molecule has 1 aromatic carbocycles. The first-order valence-electron chi connectivity index (χ1n) is 6.32. The Morgan fingerprint density at radius 1 is 1.24 bits per heavy atom. The highest BCUT2D eigenvalue weighted by Gasteiger charge is 2.19. The summed E-state index contributed by atoms with van der Waals surface area (Å²) in [5, 5.41) is 3.00. The van der Waals surface area contributed by atoms with Gasteiger partial charge in [-0.05, 0) is 37.1 Å². The highest BCUT2D eigenvalue weighted by atomic mass is 32.2. The van der Waals surface area contributed by atoms with Gasteiger partial charge in [-0.3, -0.25) is 4.79 Å². The second kappa shape index (κ2) is 6.70. The first-order chi connectivity index (χ1) is 8.36. The van der Waals surface area contributed by atoms with E-state index in [2.05, 4.69) is 29.6 Å². The van der Waals surface area contributed by atoms with Gasteiger partial charge in [0.1, 0.15) is 0 Å². The van der Waals surface area contributed by atoms with Crippen molar-refractivity contribution < 1.29 is 4.79 Å². The average molecular weight is 249 g/mol. The molecule has 1 saturated heterocycles. The summed E-state index contributed by atoms with van der Waals surface area (Å²) < 4.78 is 0. The van der Waals surface area contributed by atoms with Crippen LogP contribution in [0.3, 0.4) is 0 Å². The van der Waals surface area contributed by atoms with Crippen molar-refractivity contribution in [1.29, 1.82) is 0 Å². The van der Waals surface area contributed by atoms with E-state index in [0.29, 0.717) is 0 Å². The van der Waals surface area contributed by atoms with E-state index < -0.39 is 0 Å². The van der Waals surface area contributed by atoms with E-state index in [1.54, 1.807) is 0 Å². The van der Waals surface area contributed by atoms with Gasteiger partial charge in [0.25, 0.3) is 0 Å². The summed E-state index contributed by atoms with van der Waals surface area (Å²) >= 11 is 1.84. The van der Waals surface area contributed by atoms with Crippen molar-refractivity contribution in [2.24, 2.45) is 5.92 Å². The molecule has 0 aromatic heterocycles. The van der Waals surface area contributed by atoms with Crippen molar-refractivity contribution in [3.8, 4) is 0 Å².